The molecule has 0 aliphatic rings. The van der Waals surface area contributed by atoms with Crippen molar-refractivity contribution in [2.24, 2.45) is 0 Å². The number of hydrogen-bond acceptors (Lipinski definition) is 2. The Hall–Kier alpha value is -7.00. The highest BCUT2D eigenvalue weighted by molar-refractivity contribution is 7.25. The summed E-state index contributed by atoms with van der Waals surface area (Å²) in [4.78, 5) is 2.42. The zero-order chi connectivity index (χ0) is 37.3. The fourth-order valence-corrected chi connectivity index (χ4v) is 9.26. The predicted octanol–water partition coefficient (Wildman–Crippen LogP) is 15.9. The Morgan fingerprint density at radius 3 is 1.54 bits per heavy atom. The van der Waals surface area contributed by atoms with Crippen molar-refractivity contribution in [2.45, 2.75) is 0 Å². The maximum atomic E-state index is 2.42. The van der Waals surface area contributed by atoms with Gasteiger partial charge in [-0.15, -0.1) is 11.3 Å². The first-order valence-corrected chi connectivity index (χ1v) is 19.9. The van der Waals surface area contributed by atoms with Crippen LogP contribution in [0.1, 0.15) is 0 Å². The Labute approximate surface area is 332 Å². The monoisotopic (exact) mass is 731 g/mol. The molecule has 0 atom stereocenters. The molecule has 10 rings (SSSR count). The molecule has 1 heterocycles. The van der Waals surface area contributed by atoms with Crippen LogP contribution >= 0.6 is 11.3 Å². The largest absolute Gasteiger partial charge is 0.310 e. The minimum atomic E-state index is 1.09. The van der Waals surface area contributed by atoms with Gasteiger partial charge in [0, 0.05) is 37.1 Å². The first-order valence-electron chi connectivity index (χ1n) is 19.1. The Morgan fingerprint density at radius 2 is 0.786 bits per heavy atom. The standard InChI is InChI=1S/C54H37NS/c1-3-17-38(18-4-1)41-21-15-22-43(37-41)55(42-35-33-40(34-36-42)45-29-16-32-53-54(45)50-28-12-14-31-52(50)56-53)51-30-13-11-27-49(51)48-26-10-9-25-47(48)46-24-8-7-23-44(46)39-19-5-2-6-20-39/h1-37H. The lowest BCUT2D eigenvalue weighted by Gasteiger charge is -2.29. The summed E-state index contributed by atoms with van der Waals surface area (Å²) < 4.78 is 2.63. The van der Waals surface area contributed by atoms with E-state index in [4.69, 9.17) is 0 Å². The number of benzene rings is 9. The molecule has 2 heteroatoms. The van der Waals surface area contributed by atoms with Gasteiger partial charge in [-0.2, -0.15) is 0 Å². The minimum absolute atomic E-state index is 1.09. The highest BCUT2D eigenvalue weighted by Gasteiger charge is 2.21. The van der Waals surface area contributed by atoms with Crippen LogP contribution in [0, 0.1) is 0 Å². The van der Waals surface area contributed by atoms with Crippen LogP contribution in [0.25, 0.3) is 75.8 Å². The summed E-state index contributed by atoms with van der Waals surface area (Å²) in [5.41, 5.74) is 15.3. The molecule has 264 valence electrons. The zero-order valence-corrected chi connectivity index (χ0v) is 31.5. The molecule has 0 N–H and O–H groups in total. The maximum Gasteiger partial charge on any atom is 0.0540 e. The van der Waals surface area contributed by atoms with Crippen molar-refractivity contribution in [1.29, 1.82) is 0 Å². The summed E-state index contributed by atoms with van der Waals surface area (Å²) >= 11 is 1.86. The normalized spacial score (nSPS) is 11.2. The van der Waals surface area contributed by atoms with E-state index in [0.29, 0.717) is 0 Å². The molecule has 0 radical (unpaired) electrons. The van der Waals surface area contributed by atoms with Crippen LogP contribution in [0.15, 0.2) is 224 Å². The fourth-order valence-electron chi connectivity index (χ4n) is 8.12. The smallest absolute Gasteiger partial charge is 0.0540 e. The van der Waals surface area contributed by atoms with Crippen molar-refractivity contribution in [3.05, 3.63) is 224 Å². The molecule has 0 unspecified atom stereocenters. The van der Waals surface area contributed by atoms with Gasteiger partial charge in [-0.25, -0.2) is 0 Å². The van der Waals surface area contributed by atoms with Crippen molar-refractivity contribution in [3.63, 3.8) is 0 Å². The molecule has 56 heavy (non-hydrogen) atoms. The van der Waals surface area contributed by atoms with E-state index >= 15 is 0 Å². The quantitative estimate of drug-likeness (QED) is 0.150. The number of thiophene rings is 1. The topological polar surface area (TPSA) is 3.24 Å². The molecule has 0 bridgehead atoms. The molecule has 0 aliphatic heterocycles. The maximum absolute atomic E-state index is 2.42. The summed E-state index contributed by atoms with van der Waals surface area (Å²) in [6, 6.07) is 81.3. The SMILES string of the molecule is c1ccc(-c2cccc(N(c3ccc(-c4cccc5sc6ccccc6c45)cc3)c3ccccc3-c3ccccc3-c3ccccc3-c3ccccc3)c2)cc1. The number of hydrogen-bond donors (Lipinski definition) is 0. The summed E-state index contributed by atoms with van der Waals surface area (Å²) in [5, 5.41) is 2.64. The van der Waals surface area contributed by atoms with E-state index in [2.05, 4.69) is 229 Å². The van der Waals surface area contributed by atoms with Crippen molar-refractivity contribution in [3.8, 4) is 55.6 Å². The van der Waals surface area contributed by atoms with Crippen LogP contribution < -0.4 is 4.90 Å². The molecular formula is C54H37NS. The molecule has 0 saturated carbocycles. The van der Waals surface area contributed by atoms with E-state index in [9.17, 15) is 0 Å². The number of fused-ring (bicyclic) bond motifs is 3. The van der Waals surface area contributed by atoms with Crippen LogP contribution in [-0.4, -0.2) is 0 Å². The lowest BCUT2D eigenvalue weighted by molar-refractivity contribution is 1.28. The molecular weight excluding hydrogens is 695 g/mol. The van der Waals surface area contributed by atoms with Gasteiger partial charge in [0.2, 0.25) is 0 Å². The fraction of sp³-hybridized carbons (Fsp3) is 0. The average molecular weight is 732 g/mol. The third kappa shape index (κ3) is 6.17. The Kier molecular flexibility index (Phi) is 8.79. The molecule has 0 aliphatic carbocycles. The van der Waals surface area contributed by atoms with Gasteiger partial charge in [0.05, 0.1) is 5.69 Å². The average Bonchev–Trinajstić information content (AvgIpc) is 3.67. The molecule has 0 amide bonds. The Bertz CT molecular complexity index is 2960. The summed E-state index contributed by atoms with van der Waals surface area (Å²) in [5.74, 6) is 0. The molecule has 10 aromatic rings. The van der Waals surface area contributed by atoms with Crippen LogP contribution in [0.4, 0.5) is 17.1 Å². The van der Waals surface area contributed by atoms with E-state index in [1.54, 1.807) is 0 Å². The minimum Gasteiger partial charge on any atom is -0.310 e. The first-order chi connectivity index (χ1) is 27.8. The molecule has 0 spiro atoms. The second-order valence-corrected chi connectivity index (χ2v) is 15.1. The van der Waals surface area contributed by atoms with E-state index in [0.717, 1.165) is 22.6 Å². The van der Waals surface area contributed by atoms with E-state index in [1.807, 2.05) is 11.3 Å². The van der Waals surface area contributed by atoms with E-state index in [1.165, 1.54) is 70.2 Å². The summed E-state index contributed by atoms with van der Waals surface area (Å²) in [7, 11) is 0. The van der Waals surface area contributed by atoms with Crippen molar-refractivity contribution < 1.29 is 0 Å². The van der Waals surface area contributed by atoms with Gasteiger partial charge in [-0.05, 0) is 92.5 Å². The number of rotatable bonds is 8. The first kappa shape index (κ1) is 33.6. The van der Waals surface area contributed by atoms with Crippen LogP contribution in [0.5, 0.6) is 0 Å². The van der Waals surface area contributed by atoms with Gasteiger partial charge in [0.25, 0.3) is 0 Å². The third-order valence-electron chi connectivity index (χ3n) is 10.7. The Morgan fingerprint density at radius 1 is 0.286 bits per heavy atom. The van der Waals surface area contributed by atoms with Gasteiger partial charge >= 0.3 is 0 Å². The van der Waals surface area contributed by atoms with Gasteiger partial charge < -0.3 is 4.90 Å². The third-order valence-corrected chi connectivity index (χ3v) is 11.9. The predicted molar refractivity (Wildman–Crippen MR) is 241 cm³/mol. The highest BCUT2D eigenvalue weighted by atomic mass is 32.1. The van der Waals surface area contributed by atoms with Crippen LogP contribution in [-0.2, 0) is 0 Å². The number of anilines is 3. The Balaban J connectivity index is 1.15. The number of para-hydroxylation sites is 1. The van der Waals surface area contributed by atoms with Crippen LogP contribution in [0.3, 0.4) is 0 Å². The zero-order valence-electron chi connectivity index (χ0n) is 30.7. The summed E-state index contributed by atoms with van der Waals surface area (Å²) in [6.45, 7) is 0. The molecule has 0 fully saturated rings. The van der Waals surface area contributed by atoms with Crippen LogP contribution in [0.2, 0.25) is 0 Å². The summed E-state index contributed by atoms with van der Waals surface area (Å²) in [6.07, 6.45) is 0. The molecule has 0 saturated heterocycles. The van der Waals surface area contributed by atoms with Gasteiger partial charge in [0.15, 0.2) is 0 Å². The van der Waals surface area contributed by atoms with Crippen molar-refractivity contribution >= 4 is 48.6 Å². The van der Waals surface area contributed by atoms with Gasteiger partial charge in [0.1, 0.15) is 0 Å². The van der Waals surface area contributed by atoms with Crippen molar-refractivity contribution in [1.82, 2.24) is 0 Å². The molecule has 9 aromatic carbocycles. The van der Waals surface area contributed by atoms with E-state index in [-0.39, 0.29) is 0 Å². The lowest BCUT2D eigenvalue weighted by atomic mass is 9.88. The van der Waals surface area contributed by atoms with E-state index < -0.39 is 0 Å². The van der Waals surface area contributed by atoms with Gasteiger partial charge in [-0.1, -0.05) is 182 Å². The number of nitrogens with zero attached hydrogens (tertiary/aromatic N) is 1. The molecule has 1 aromatic heterocycles. The van der Waals surface area contributed by atoms with Crippen molar-refractivity contribution in [2.75, 3.05) is 4.90 Å². The lowest BCUT2D eigenvalue weighted by Crippen LogP contribution is -2.11. The second-order valence-electron chi connectivity index (χ2n) is 14.0. The highest BCUT2D eigenvalue weighted by Crippen LogP contribution is 2.46. The molecule has 1 nitrogen and oxygen atoms in total. The second kappa shape index (κ2) is 14.7. The van der Waals surface area contributed by atoms with Gasteiger partial charge in [-0.3, -0.25) is 0 Å².